The van der Waals surface area contributed by atoms with Crippen molar-refractivity contribution in [1.29, 1.82) is 0 Å². The summed E-state index contributed by atoms with van der Waals surface area (Å²) in [6.45, 7) is 0. The molecule has 1 aromatic rings. The second-order valence-electron chi connectivity index (χ2n) is 5.67. The molecular weight excluding hydrogens is 312 g/mol. The number of nitro benzene ring substituents is 1. The van der Waals surface area contributed by atoms with Gasteiger partial charge in [0.15, 0.2) is 0 Å². The maximum Gasteiger partial charge on any atom is 0.338 e. The second kappa shape index (κ2) is 8.24. The Balaban J connectivity index is 2.14. The van der Waals surface area contributed by atoms with E-state index in [1.165, 1.54) is 25.3 Å². The molecule has 0 aliphatic carbocycles. The maximum absolute atomic E-state index is 11.8. The first-order valence-electron chi connectivity index (χ1n) is 7.84. The first-order valence-corrected chi connectivity index (χ1v) is 7.84. The zero-order valence-electron chi connectivity index (χ0n) is 13.5. The van der Waals surface area contributed by atoms with Crippen LogP contribution in [0.5, 0.6) is 0 Å². The summed E-state index contributed by atoms with van der Waals surface area (Å²) in [5, 5.41) is 13.8. The Morgan fingerprint density at radius 2 is 2.25 bits per heavy atom. The molecule has 7 heteroatoms. The van der Waals surface area contributed by atoms with Gasteiger partial charge in [0.05, 0.1) is 17.6 Å². The number of nitro groups is 1. The van der Waals surface area contributed by atoms with Crippen LogP contribution >= 0.6 is 0 Å². The smallest absolute Gasteiger partial charge is 0.338 e. The van der Waals surface area contributed by atoms with E-state index in [1.54, 1.807) is 6.08 Å². The lowest BCUT2D eigenvalue weighted by molar-refractivity contribution is -0.384. The molecule has 1 unspecified atom stereocenters. The van der Waals surface area contributed by atoms with Gasteiger partial charge in [0.1, 0.15) is 0 Å². The summed E-state index contributed by atoms with van der Waals surface area (Å²) in [7, 11) is 1.23. The number of methoxy groups -OCH3 is 1. The number of hydrogen-bond donors (Lipinski definition) is 1. The predicted octanol–water partition coefficient (Wildman–Crippen LogP) is 2.84. The van der Waals surface area contributed by atoms with Crippen molar-refractivity contribution in [2.24, 2.45) is 0 Å². The van der Waals surface area contributed by atoms with Gasteiger partial charge in [-0.05, 0) is 30.9 Å². The van der Waals surface area contributed by atoms with E-state index < -0.39 is 10.9 Å². The van der Waals surface area contributed by atoms with Gasteiger partial charge in [-0.15, -0.1) is 0 Å². The Hall–Kier alpha value is -2.70. The molecule has 1 atom stereocenters. The minimum Gasteiger partial charge on any atom is -0.465 e. The van der Waals surface area contributed by atoms with Crippen molar-refractivity contribution >= 4 is 23.6 Å². The van der Waals surface area contributed by atoms with Crippen molar-refractivity contribution < 1.29 is 19.2 Å². The molecule has 0 bridgehead atoms. The van der Waals surface area contributed by atoms with Gasteiger partial charge in [-0.2, -0.15) is 0 Å². The van der Waals surface area contributed by atoms with Crippen LogP contribution in [-0.2, 0) is 9.53 Å². The summed E-state index contributed by atoms with van der Waals surface area (Å²) in [6.07, 6.45) is 7.62. The average Bonchev–Trinajstić information content (AvgIpc) is 2.78. The molecule has 0 saturated carbocycles. The molecule has 0 radical (unpaired) electrons. The fourth-order valence-corrected chi connectivity index (χ4v) is 2.67. The van der Waals surface area contributed by atoms with Crippen LogP contribution in [0.2, 0.25) is 0 Å². The molecule has 24 heavy (non-hydrogen) atoms. The van der Waals surface area contributed by atoms with E-state index in [2.05, 4.69) is 10.1 Å². The summed E-state index contributed by atoms with van der Waals surface area (Å²) in [4.78, 5) is 33.7. The van der Waals surface area contributed by atoms with Crippen molar-refractivity contribution in [2.45, 2.75) is 38.1 Å². The third-order valence-electron chi connectivity index (χ3n) is 3.94. The van der Waals surface area contributed by atoms with Crippen molar-refractivity contribution in [3.05, 3.63) is 45.5 Å². The second-order valence-corrected chi connectivity index (χ2v) is 5.67. The van der Waals surface area contributed by atoms with Crippen LogP contribution in [0.15, 0.2) is 24.3 Å². The minimum absolute atomic E-state index is 0.0662. The molecule has 2 rings (SSSR count). The number of nitrogens with zero attached hydrogens (tertiary/aromatic N) is 1. The number of carbonyl (C=O) groups is 2. The SMILES string of the molecule is COC(=O)c1cc([N+](=O)[O-])ccc1/C=C/CC1CCCCC(=O)N1. The fraction of sp³-hybridized carbons (Fsp3) is 0.412. The molecule has 1 fully saturated rings. The Morgan fingerprint density at radius 3 is 2.96 bits per heavy atom. The Labute approximate surface area is 139 Å². The van der Waals surface area contributed by atoms with E-state index in [0.717, 1.165) is 19.3 Å². The average molecular weight is 332 g/mol. The lowest BCUT2D eigenvalue weighted by Gasteiger charge is -2.13. The van der Waals surface area contributed by atoms with Crippen LogP contribution in [0.25, 0.3) is 6.08 Å². The van der Waals surface area contributed by atoms with Gasteiger partial charge in [0, 0.05) is 24.6 Å². The van der Waals surface area contributed by atoms with E-state index in [4.69, 9.17) is 0 Å². The Morgan fingerprint density at radius 1 is 1.46 bits per heavy atom. The maximum atomic E-state index is 11.8. The lowest BCUT2D eigenvalue weighted by Crippen LogP contribution is -2.32. The van der Waals surface area contributed by atoms with E-state index in [9.17, 15) is 19.7 Å². The van der Waals surface area contributed by atoms with Crippen LogP contribution in [0, 0.1) is 10.1 Å². The molecule has 0 spiro atoms. The number of esters is 1. The molecular formula is C17H20N2O5. The summed E-state index contributed by atoms with van der Waals surface area (Å²) in [5.41, 5.74) is 0.531. The van der Waals surface area contributed by atoms with E-state index in [1.807, 2.05) is 6.08 Å². The summed E-state index contributed by atoms with van der Waals surface area (Å²) < 4.78 is 4.69. The predicted molar refractivity (Wildman–Crippen MR) is 88.5 cm³/mol. The molecule has 1 heterocycles. The molecule has 1 aliphatic rings. The zero-order valence-corrected chi connectivity index (χ0v) is 13.5. The summed E-state index contributed by atoms with van der Waals surface area (Å²) in [5.74, 6) is -0.558. The quantitative estimate of drug-likeness (QED) is 0.508. The Kier molecular flexibility index (Phi) is 6.06. The van der Waals surface area contributed by atoms with E-state index in [-0.39, 0.29) is 23.2 Å². The van der Waals surface area contributed by atoms with Gasteiger partial charge < -0.3 is 10.1 Å². The van der Waals surface area contributed by atoms with Crippen molar-refractivity contribution in [3.8, 4) is 0 Å². The number of benzene rings is 1. The number of rotatable bonds is 5. The lowest BCUT2D eigenvalue weighted by atomic mass is 10.0. The Bertz CT molecular complexity index is 669. The number of hydrogen-bond acceptors (Lipinski definition) is 5. The summed E-state index contributed by atoms with van der Waals surface area (Å²) >= 11 is 0. The zero-order chi connectivity index (χ0) is 17.5. The van der Waals surface area contributed by atoms with Gasteiger partial charge in [0.25, 0.3) is 5.69 Å². The standard InChI is InChI=1S/C17H20N2O5/c1-24-17(21)15-11-14(19(22)23)10-9-12(15)5-4-7-13-6-2-3-8-16(20)18-13/h4-5,9-11,13H,2-3,6-8H2,1H3,(H,18,20)/b5-4+. The molecule has 1 saturated heterocycles. The third kappa shape index (κ3) is 4.65. The normalized spacial score (nSPS) is 18.0. The molecule has 1 amide bonds. The minimum atomic E-state index is -0.624. The van der Waals surface area contributed by atoms with Gasteiger partial charge in [-0.1, -0.05) is 18.6 Å². The van der Waals surface area contributed by atoms with Crippen LogP contribution in [-0.4, -0.2) is 30.0 Å². The van der Waals surface area contributed by atoms with Crippen LogP contribution in [0.4, 0.5) is 5.69 Å². The molecule has 128 valence electrons. The molecule has 0 aromatic heterocycles. The first-order chi connectivity index (χ1) is 11.5. The topological polar surface area (TPSA) is 98.5 Å². The largest absolute Gasteiger partial charge is 0.465 e. The third-order valence-corrected chi connectivity index (χ3v) is 3.94. The molecule has 1 aromatic carbocycles. The monoisotopic (exact) mass is 332 g/mol. The van der Waals surface area contributed by atoms with Crippen molar-refractivity contribution in [1.82, 2.24) is 5.32 Å². The molecule has 1 aliphatic heterocycles. The van der Waals surface area contributed by atoms with Crippen molar-refractivity contribution in [3.63, 3.8) is 0 Å². The summed E-state index contributed by atoms with van der Waals surface area (Å²) in [6, 6.07) is 4.15. The first kappa shape index (κ1) is 17.7. The fourth-order valence-electron chi connectivity index (χ4n) is 2.67. The van der Waals surface area contributed by atoms with Crippen LogP contribution in [0.1, 0.15) is 48.0 Å². The molecule has 1 N–H and O–H groups in total. The van der Waals surface area contributed by atoms with Crippen molar-refractivity contribution in [2.75, 3.05) is 7.11 Å². The van der Waals surface area contributed by atoms with E-state index in [0.29, 0.717) is 18.4 Å². The van der Waals surface area contributed by atoms with Gasteiger partial charge in [0.2, 0.25) is 5.91 Å². The molecule has 7 nitrogen and oxygen atoms in total. The number of carbonyl (C=O) groups excluding carboxylic acids is 2. The van der Waals surface area contributed by atoms with Crippen LogP contribution < -0.4 is 5.32 Å². The number of amides is 1. The highest BCUT2D eigenvalue weighted by atomic mass is 16.6. The van der Waals surface area contributed by atoms with Gasteiger partial charge in [-0.3, -0.25) is 14.9 Å². The van der Waals surface area contributed by atoms with Gasteiger partial charge >= 0.3 is 5.97 Å². The van der Waals surface area contributed by atoms with Crippen LogP contribution in [0.3, 0.4) is 0 Å². The highest BCUT2D eigenvalue weighted by Gasteiger charge is 2.17. The van der Waals surface area contributed by atoms with Gasteiger partial charge in [-0.25, -0.2) is 4.79 Å². The number of ether oxygens (including phenoxy) is 1. The number of non-ortho nitro benzene ring substituents is 1. The highest BCUT2D eigenvalue weighted by Crippen LogP contribution is 2.21. The highest BCUT2D eigenvalue weighted by molar-refractivity contribution is 5.94. The number of nitrogens with one attached hydrogen (secondary N) is 1. The van der Waals surface area contributed by atoms with E-state index >= 15 is 0 Å².